The van der Waals surface area contributed by atoms with E-state index < -0.39 is 0 Å². The molecule has 0 saturated carbocycles. The highest BCUT2D eigenvalue weighted by molar-refractivity contribution is 9.10. The monoisotopic (exact) mass is 520 g/mol. The number of aromatic amines is 1. The first-order chi connectivity index (χ1) is 16.3. The van der Waals surface area contributed by atoms with Gasteiger partial charge in [-0.25, -0.2) is 15.0 Å². The predicted molar refractivity (Wildman–Crippen MR) is 139 cm³/mol. The number of H-pyrrole nitrogens is 1. The zero-order valence-electron chi connectivity index (χ0n) is 20.2. The molecular weight excluding hydrogens is 492 g/mol. The molecule has 0 saturated heterocycles. The Balaban J connectivity index is 1.54. The molecular formula is C26H29BrN6O. The van der Waals surface area contributed by atoms with Gasteiger partial charge in [0.05, 0.1) is 34.3 Å². The summed E-state index contributed by atoms with van der Waals surface area (Å²) in [7, 11) is 4.06. The van der Waals surface area contributed by atoms with Crippen molar-refractivity contribution in [2.45, 2.75) is 33.9 Å². The molecule has 1 aliphatic heterocycles. The number of nitrogens with one attached hydrogen (secondary N) is 1. The van der Waals surface area contributed by atoms with Gasteiger partial charge in [-0.05, 0) is 91.8 Å². The number of halogens is 1. The Morgan fingerprint density at radius 1 is 1.06 bits per heavy atom. The lowest BCUT2D eigenvalue weighted by atomic mass is 9.98. The molecule has 34 heavy (non-hydrogen) atoms. The maximum atomic E-state index is 6.23. The molecule has 3 heterocycles. The van der Waals surface area contributed by atoms with E-state index in [1.165, 1.54) is 0 Å². The maximum Gasteiger partial charge on any atom is 0.147 e. The van der Waals surface area contributed by atoms with Gasteiger partial charge in [-0.15, -0.1) is 0 Å². The van der Waals surface area contributed by atoms with Gasteiger partial charge in [-0.2, -0.15) is 0 Å². The molecule has 0 bridgehead atoms. The second-order valence-electron chi connectivity index (χ2n) is 9.21. The predicted octanol–water partition coefficient (Wildman–Crippen LogP) is 5.17. The molecule has 1 aliphatic rings. The van der Waals surface area contributed by atoms with Crippen LogP contribution in [-0.2, 0) is 13.1 Å². The SMILES string of the molecule is Cc1nc2cc(-c3cc(C)c4c(c3)CN(c3nc(CN(C)C)nc(C)c3Br)CCO4)ccc2[nH]1. The van der Waals surface area contributed by atoms with Crippen LogP contribution >= 0.6 is 15.9 Å². The number of benzene rings is 2. The number of ether oxygens (including phenoxy) is 1. The summed E-state index contributed by atoms with van der Waals surface area (Å²) < 4.78 is 7.17. The number of aryl methyl sites for hydroxylation is 3. The van der Waals surface area contributed by atoms with Crippen molar-refractivity contribution in [3.8, 4) is 16.9 Å². The summed E-state index contributed by atoms with van der Waals surface area (Å²) in [4.78, 5) is 21.9. The van der Waals surface area contributed by atoms with Crippen LogP contribution in [0.4, 0.5) is 5.82 Å². The van der Waals surface area contributed by atoms with E-state index >= 15 is 0 Å². The molecule has 0 atom stereocenters. The first kappa shape index (κ1) is 22.8. The fourth-order valence-electron chi connectivity index (χ4n) is 4.54. The number of hydrogen-bond donors (Lipinski definition) is 1. The molecule has 8 heteroatoms. The number of anilines is 1. The Morgan fingerprint density at radius 3 is 2.68 bits per heavy atom. The summed E-state index contributed by atoms with van der Waals surface area (Å²) in [6.07, 6.45) is 0. The number of hydrogen-bond acceptors (Lipinski definition) is 6. The van der Waals surface area contributed by atoms with Crippen LogP contribution in [-0.4, -0.2) is 52.1 Å². The fourth-order valence-corrected chi connectivity index (χ4v) is 4.97. The summed E-state index contributed by atoms with van der Waals surface area (Å²) in [5.41, 5.74) is 7.58. The molecule has 5 rings (SSSR count). The average molecular weight is 521 g/mol. The van der Waals surface area contributed by atoms with Crippen molar-refractivity contribution in [3.63, 3.8) is 0 Å². The molecule has 0 spiro atoms. The highest BCUT2D eigenvalue weighted by atomic mass is 79.9. The van der Waals surface area contributed by atoms with Crippen molar-refractivity contribution in [2.75, 3.05) is 32.1 Å². The van der Waals surface area contributed by atoms with Gasteiger partial charge in [0.15, 0.2) is 0 Å². The minimum Gasteiger partial charge on any atom is -0.491 e. The van der Waals surface area contributed by atoms with Crippen LogP contribution in [0.5, 0.6) is 5.75 Å². The number of nitrogens with zero attached hydrogens (tertiary/aromatic N) is 5. The van der Waals surface area contributed by atoms with E-state index in [1.54, 1.807) is 0 Å². The van der Waals surface area contributed by atoms with Crippen molar-refractivity contribution >= 4 is 32.8 Å². The van der Waals surface area contributed by atoms with Gasteiger partial charge in [-0.1, -0.05) is 6.07 Å². The fraction of sp³-hybridized carbons (Fsp3) is 0.346. The zero-order valence-corrected chi connectivity index (χ0v) is 21.8. The second kappa shape index (κ2) is 9.00. The Labute approximate surface area is 208 Å². The van der Waals surface area contributed by atoms with E-state index in [1.807, 2.05) is 27.9 Å². The minimum absolute atomic E-state index is 0.601. The summed E-state index contributed by atoms with van der Waals surface area (Å²) in [5.74, 6) is 3.63. The van der Waals surface area contributed by atoms with Crippen LogP contribution in [0.3, 0.4) is 0 Å². The zero-order chi connectivity index (χ0) is 24.0. The highest BCUT2D eigenvalue weighted by Crippen LogP contribution is 2.36. The van der Waals surface area contributed by atoms with Crippen LogP contribution < -0.4 is 9.64 Å². The number of rotatable bonds is 4. The van der Waals surface area contributed by atoms with Crippen molar-refractivity contribution in [3.05, 3.63) is 63.3 Å². The Bertz CT molecular complexity index is 1380. The lowest BCUT2D eigenvalue weighted by Crippen LogP contribution is -2.28. The van der Waals surface area contributed by atoms with Gasteiger partial charge in [0.1, 0.15) is 29.8 Å². The lowest BCUT2D eigenvalue weighted by molar-refractivity contribution is 0.329. The molecule has 0 radical (unpaired) electrons. The third kappa shape index (κ3) is 4.40. The van der Waals surface area contributed by atoms with Crippen LogP contribution in [0.1, 0.15) is 28.5 Å². The molecule has 0 aliphatic carbocycles. The normalized spacial score (nSPS) is 13.8. The van der Waals surface area contributed by atoms with Crippen molar-refractivity contribution in [1.82, 2.24) is 24.8 Å². The third-order valence-electron chi connectivity index (χ3n) is 6.06. The molecule has 0 fully saturated rings. The highest BCUT2D eigenvalue weighted by Gasteiger charge is 2.23. The topological polar surface area (TPSA) is 70.2 Å². The van der Waals surface area contributed by atoms with E-state index in [0.29, 0.717) is 19.7 Å². The van der Waals surface area contributed by atoms with Crippen LogP contribution in [0.15, 0.2) is 34.8 Å². The van der Waals surface area contributed by atoms with E-state index in [2.05, 4.69) is 77.9 Å². The maximum absolute atomic E-state index is 6.23. The van der Waals surface area contributed by atoms with Gasteiger partial charge in [0.25, 0.3) is 0 Å². The van der Waals surface area contributed by atoms with E-state index in [9.17, 15) is 0 Å². The van der Waals surface area contributed by atoms with E-state index in [0.717, 1.165) is 73.2 Å². The molecule has 2 aromatic carbocycles. The van der Waals surface area contributed by atoms with Gasteiger partial charge < -0.3 is 19.5 Å². The number of aromatic nitrogens is 4. The Hall–Kier alpha value is -2.97. The lowest BCUT2D eigenvalue weighted by Gasteiger charge is -2.24. The van der Waals surface area contributed by atoms with Crippen LogP contribution in [0.2, 0.25) is 0 Å². The van der Waals surface area contributed by atoms with E-state index in [-0.39, 0.29) is 0 Å². The molecule has 0 amide bonds. The number of imidazole rings is 1. The summed E-state index contributed by atoms with van der Waals surface area (Å²) in [6.45, 7) is 8.88. The summed E-state index contributed by atoms with van der Waals surface area (Å²) in [6, 6.07) is 10.8. The minimum atomic E-state index is 0.601. The van der Waals surface area contributed by atoms with Crippen LogP contribution in [0, 0.1) is 20.8 Å². The Kier molecular flexibility index (Phi) is 6.04. The second-order valence-corrected chi connectivity index (χ2v) is 10.00. The van der Waals surface area contributed by atoms with Crippen molar-refractivity contribution in [1.29, 1.82) is 0 Å². The van der Waals surface area contributed by atoms with E-state index in [4.69, 9.17) is 9.72 Å². The molecule has 2 aromatic heterocycles. The first-order valence-electron chi connectivity index (χ1n) is 11.4. The summed E-state index contributed by atoms with van der Waals surface area (Å²) in [5, 5.41) is 0. The molecule has 1 N–H and O–H groups in total. The standard InChI is InChI=1S/C26H29BrN6O/c1-15-10-19(18-6-7-21-22(12-18)30-17(3)29-21)11-20-13-33(8-9-34-25(15)20)26-24(27)16(2)28-23(31-26)14-32(4)5/h6-7,10-12H,8-9,13-14H2,1-5H3,(H,29,30). The quantitative estimate of drug-likeness (QED) is 0.400. The van der Waals surface area contributed by atoms with Gasteiger partial charge in [0.2, 0.25) is 0 Å². The Morgan fingerprint density at radius 2 is 1.88 bits per heavy atom. The molecule has 7 nitrogen and oxygen atoms in total. The molecule has 0 unspecified atom stereocenters. The van der Waals surface area contributed by atoms with Gasteiger partial charge >= 0.3 is 0 Å². The average Bonchev–Trinajstić information content (AvgIpc) is 3.01. The van der Waals surface area contributed by atoms with Gasteiger partial charge in [0, 0.05) is 12.1 Å². The smallest absolute Gasteiger partial charge is 0.147 e. The first-order valence-corrected chi connectivity index (χ1v) is 12.2. The van der Waals surface area contributed by atoms with Crippen LogP contribution in [0.25, 0.3) is 22.2 Å². The number of fused-ring (bicyclic) bond motifs is 2. The summed E-state index contributed by atoms with van der Waals surface area (Å²) >= 11 is 3.74. The van der Waals surface area contributed by atoms with Gasteiger partial charge in [-0.3, -0.25) is 0 Å². The largest absolute Gasteiger partial charge is 0.491 e. The molecule has 4 aromatic rings. The third-order valence-corrected chi connectivity index (χ3v) is 6.99. The van der Waals surface area contributed by atoms with Crippen molar-refractivity contribution < 1.29 is 4.74 Å². The molecule has 176 valence electrons. The van der Waals surface area contributed by atoms with Crippen molar-refractivity contribution in [2.24, 2.45) is 0 Å².